The average molecular weight is 321 g/mol. The third-order valence-electron chi connectivity index (χ3n) is 5.10. The quantitative estimate of drug-likeness (QED) is 0.844. The van der Waals surface area contributed by atoms with Crippen LogP contribution in [0.1, 0.15) is 31.2 Å². The van der Waals surface area contributed by atoms with Crippen LogP contribution in [0.15, 0.2) is 24.3 Å². The molecule has 0 aromatic heterocycles. The van der Waals surface area contributed by atoms with Gasteiger partial charge in [-0.3, -0.25) is 4.79 Å². The van der Waals surface area contributed by atoms with Crippen molar-refractivity contribution in [3.05, 3.63) is 35.6 Å². The van der Waals surface area contributed by atoms with E-state index in [-0.39, 0.29) is 17.7 Å². The Bertz CT molecular complexity index is 555. The molecule has 1 N–H and O–H groups in total. The van der Waals surface area contributed by atoms with E-state index in [1.54, 1.807) is 18.2 Å². The molecular formula is C18H24FNO3. The number of hydrogen-bond donors (Lipinski definition) is 1. The highest BCUT2D eigenvalue weighted by molar-refractivity contribution is 5.74. The molecule has 2 saturated heterocycles. The van der Waals surface area contributed by atoms with Crippen LogP contribution in [0, 0.1) is 11.7 Å². The minimum atomic E-state index is -0.828. The highest BCUT2D eigenvalue weighted by atomic mass is 19.1. The predicted molar refractivity (Wildman–Crippen MR) is 84.4 cm³/mol. The lowest BCUT2D eigenvalue weighted by molar-refractivity contribution is -0.141. The Labute approximate surface area is 136 Å². The maximum atomic E-state index is 13.8. The Hall–Kier alpha value is -1.46. The summed E-state index contributed by atoms with van der Waals surface area (Å²) < 4.78 is 18.7. The molecule has 2 aliphatic rings. The van der Waals surface area contributed by atoms with Gasteiger partial charge in [-0.25, -0.2) is 4.39 Å². The SMILES string of the molecule is O=C1OCCC1CCN1CCC(O)(Cc2ccccc2F)CC1. The number of piperidine rings is 1. The lowest BCUT2D eigenvalue weighted by Gasteiger charge is -2.38. The number of carbonyl (C=O) groups excluding carboxylic acids is 1. The van der Waals surface area contributed by atoms with Crippen molar-refractivity contribution in [3.8, 4) is 0 Å². The van der Waals surface area contributed by atoms with Crippen LogP contribution < -0.4 is 0 Å². The molecule has 0 bridgehead atoms. The summed E-state index contributed by atoms with van der Waals surface area (Å²) in [6.07, 6.45) is 3.28. The van der Waals surface area contributed by atoms with Gasteiger partial charge in [0.05, 0.1) is 18.1 Å². The van der Waals surface area contributed by atoms with E-state index in [0.29, 0.717) is 31.4 Å². The summed E-state index contributed by atoms with van der Waals surface area (Å²) in [6, 6.07) is 6.65. The molecule has 2 fully saturated rings. The Morgan fingerprint density at radius 2 is 2.04 bits per heavy atom. The van der Waals surface area contributed by atoms with Gasteiger partial charge in [-0.15, -0.1) is 0 Å². The first kappa shape index (κ1) is 16.4. The number of ether oxygens (including phenoxy) is 1. The number of cyclic esters (lactones) is 1. The molecule has 3 rings (SSSR count). The Morgan fingerprint density at radius 3 is 2.70 bits per heavy atom. The van der Waals surface area contributed by atoms with Gasteiger partial charge in [-0.1, -0.05) is 18.2 Å². The van der Waals surface area contributed by atoms with Gasteiger partial charge < -0.3 is 14.7 Å². The molecule has 0 aliphatic carbocycles. The molecule has 1 unspecified atom stereocenters. The van der Waals surface area contributed by atoms with Gasteiger partial charge in [0.15, 0.2) is 0 Å². The minimum absolute atomic E-state index is 0.0363. The molecule has 1 aromatic carbocycles. The van der Waals surface area contributed by atoms with Gasteiger partial charge in [0, 0.05) is 19.5 Å². The normalized spacial score (nSPS) is 24.6. The fourth-order valence-electron chi connectivity index (χ4n) is 3.50. The second-order valence-corrected chi connectivity index (χ2v) is 6.78. The van der Waals surface area contributed by atoms with Crippen LogP contribution >= 0.6 is 0 Å². The van der Waals surface area contributed by atoms with Crippen molar-refractivity contribution in [2.45, 2.75) is 37.7 Å². The first-order chi connectivity index (χ1) is 11.1. The van der Waals surface area contributed by atoms with Crippen molar-refractivity contribution in [1.29, 1.82) is 0 Å². The molecule has 126 valence electrons. The molecule has 0 amide bonds. The van der Waals surface area contributed by atoms with Crippen LogP contribution in [0.25, 0.3) is 0 Å². The summed E-state index contributed by atoms with van der Waals surface area (Å²) in [7, 11) is 0. The van der Waals surface area contributed by atoms with Crippen LogP contribution in [0.3, 0.4) is 0 Å². The third-order valence-corrected chi connectivity index (χ3v) is 5.10. The summed E-state index contributed by atoms with van der Waals surface area (Å²) in [6.45, 7) is 2.97. The lowest BCUT2D eigenvalue weighted by Crippen LogP contribution is -2.46. The van der Waals surface area contributed by atoms with Crippen LogP contribution in [0.4, 0.5) is 4.39 Å². The average Bonchev–Trinajstić information content (AvgIpc) is 2.94. The lowest BCUT2D eigenvalue weighted by atomic mass is 9.85. The predicted octanol–water partition coefficient (Wildman–Crippen LogP) is 2.15. The number of likely N-dealkylation sites (tertiary alicyclic amines) is 1. The van der Waals surface area contributed by atoms with E-state index in [0.717, 1.165) is 32.5 Å². The van der Waals surface area contributed by atoms with Crippen LogP contribution in [-0.4, -0.2) is 47.8 Å². The fourth-order valence-corrected chi connectivity index (χ4v) is 3.50. The third kappa shape index (κ3) is 4.09. The summed E-state index contributed by atoms with van der Waals surface area (Å²) in [5.74, 6) is -0.282. The molecule has 0 saturated carbocycles. The summed E-state index contributed by atoms with van der Waals surface area (Å²) >= 11 is 0. The van der Waals surface area contributed by atoms with Gasteiger partial charge in [-0.05, 0) is 43.9 Å². The number of aliphatic hydroxyl groups is 1. The van der Waals surface area contributed by atoms with E-state index < -0.39 is 5.60 Å². The Morgan fingerprint density at radius 1 is 1.30 bits per heavy atom. The van der Waals surface area contributed by atoms with E-state index in [2.05, 4.69) is 4.90 Å². The molecule has 0 spiro atoms. The second kappa shape index (κ2) is 6.97. The fraction of sp³-hybridized carbons (Fsp3) is 0.611. The summed E-state index contributed by atoms with van der Waals surface area (Å²) in [4.78, 5) is 13.7. The van der Waals surface area contributed by atoms with Crippen molar-refractivity contribution in [2.75, 3.05) is 26.2 Å². The number of halogens is 1. The van der Waals surface area contributed by atoms with Crippen molar-refractivity contribution in [2.24, 2.45) is 5.92 Å². The maximum Gasteiger partial charge on any atom is 0.309 e. The monoisotopic (exact) mass is 321 g/mol. The first-order valence-electron chi connectivity index (χ1n) is 8.40. The van der Waals surface area contributed by atoms with Crippen LogP contribution in [0.5, 0.6) is 0 Å². The number of benzene rings is 1. The summed E-state index contributed by atoms with van der Waals surface area (Å²) in [5, 5.41) is 10.7. The molecule has 1 atom stereocenters. The number of carbonyl (C=O) groups is 1. The molecular weight excluding hydrogens is 297 g/mol. The Balaban J connectivity index is 1.47. The number of hydrogen-bond acceptors (Lipinski definition) is 4. The van der Waals surface area contributed by atoms with Gasteiger partial charge in [0.1, 0.15) is 5.82 Å². The van der Waals surface area contributed by atoms with E-state index in [1.807, 2.05) is 0 Å². The minimum Gasteiger partial charge on any atom is -0.465 e. The standard InChI is InChI=1S/C18H24FNO3/c19-16-4-2-1-3-15(16)13-18(22)7-10-20(11-8-18)9-5-14-6-12-23-17(14)21/h1-4,14,22H,5-13H2. The molecule has 4 nitrogen and oxygen atoms in total. The van der Waals surface area contributed by atoms with Gasteiger partial charge in [-0.2, -0.15) is 0 Å². The highest BCUT2D eigenvalue weighted by Gasteiger charge is 2.34. The van der Waals surface area contributed by atoms with Crippen molar-refractivity contribution >= 4 is 5.97 Å². The zero-order valence-corrected chi connectivity index (χ0v) is 13.3. The number of esters is 1. The zero-order chi connectivity index (χ0) is 16.3. The molecule has 2 heterocycles. The first-order valence-corrected chi connectivity index (χ1v) is 8.40. The van der Waals surface area contributed by atoms with E-state index in [1.165, 1.54) is 6.07 Å². The molecule has 1 aromatic rings. The second-order valence-electron chi connectivity index (χ2n) is 6.78. The molecule has 0 radical (unpaired) electrons. The van der Waals surface area contributed by atoms with Crippen LogP contribution in [0.2, 0.25) is 0 Å². The Kier molecular flexibility index (Phi) is 4.97. The van der Waals surface area contributed by atoms with Gasteiger partial charge in [0.2, 0.25) is 0 Å². The largest absolute Gasteiger partial charge is 0.465 e. The maximum absolute atomic E-state index is 13.8. The van der Waals surface area contributed by atoms with E-state index in [4.69, 9.17) is 4.74 Å². The van der Waals surface area contributed by atoms with Crippen LogP contribution in [-0.2, 0) is 16.0 Å². The van der Waals surface area contributed by atoms with E-state index >= 15 is 0 Å². The molecule has 5 heteroatoms. The summed E-state index contributed by atoms with van der Waals surface area (Å²) in [5.41, 5.74) is -0.248. The van der Waals surface area contributed by atoms with Crippen molar-refractivity contribution < 1.29 is 19.0 Å². The number of nitrogens with zero attached hydrogens (tertiary/aromatic N) is 1. The molecule has 23 heavy (non-hydrogen) atoms. The number of rotatable bonds is 5. The van der Waals surface area contributed by atoms with E-state index in [9.17, 15) is 14.3 Å². The smallest absolute Gasteiger partial charge is 0.309 e. The van der Waals surface area contributed by atoms with Crippen molar-refractivity contribution in [3.63, 3.8) is 0 Å². The highest BCUT2D eigenvalue weighted by Crippen LogP contribution is 2.28. The topological polar surface area (TPSA) is 49.8 Å². The van der Waals surface area contributed by atoms with Gasteiger partial charge in [0.25, 0.3) is 0 Å². The molecule has 2 aliphatic heterocycles. The zero-order valence-electron chi connectivity index (χ0n) is 13.3. The van der Waals surface area contributed by atoms with Gasteiger partial charge >= 0.3 is 5.97 Å². The van der Waals surface area contributed by atoms with Crippen molar-refractivity contribution in [1.82, 2.24) is 4.90 Å².